The molecule has 2 aliphatic heterocycles. The number of amides is 4. The van der Waals surface area contributed by atoms with Crippen LogP contribution >= 0.6 is 0 Å². The lowest BCUT2D eigenvalue weighted by Gasteiger charge is -2.48. The topological polar surface area (TPSA) is 108 Å². The summed E-state index contributed by atoms with van der Waals surface area (Å²) >= 11 is 0. The number of fused-ring (bicyclic) bond motifs is 4. The monoisotopic (exact) mass is 488 g/mol. The molecule has 1 aromatic heterocycles. The molecule has 6 rings (SSSR count). The minimum atomic E-state index is -1.14. The fourth-order valence-electron chi connectivity index (χ4n) is 7.15. The Morgan fingerprint density at radius 3 is 2.42 bits per heavy atom. The highest BCUT2D eigenvalue weighted by atomic mass is 16.4. The molecule has 1 N–H and O–H groups in total. The zero-order valence-corrected chi connectivity index (χ0v) is 20.2. The van der Waals surface area contributed by atoms with Crippen LogP contribution in [0.1, 0.15) is 44.1 Å². The van der Waals surface area contributed by atoms with Crippen LogP contribution in [0.3, 0.4) is 0 Å². The normalized spacial score (nSPS) is 33.5. The molecule has 36 heavy (non-hydrogen) atoms. The molecule has 4 amide bonds. The molecule has 1 saturated carbocycles. The summed E-state index contributed by atoms with van der Waals surface area (Å²) in [7, 11) is 0. The number of anilines is 1. The van der Waals surface area contributed by atoms with Crippen LogP contribution in [0.15, 0.2) is 58.5 Å². The van der Waals surface area contributed by atoms with Crippen LogP contribution in [0.25, 0.3) is 0 Å². The van der Waals surface area contributed by atoms with Crippen LogP contribution in [0.4, 0.5) is 5.69 Å². The molecule has 4 aliphatic rings. The second kappa shape index (κ2) is 8.00. The van der Waals surface area contributed by atoms with Gasteiger partial charge in [0.1, 0.15) is 18.1 Å². The Balaban J connectivity index is 1.52. The van der Waals surface area contributed by atoms with Crippen LogP contribution in [0.5, 0.6) is 0 Å². The number of imide groups is 2. The van der Waals surface area contributed by atoms with Gasteiger partial charge in [0.25, 0.3) is 0 Å². The quantitative estimate of drug-likeness (QED) is 0.524. The number of rotatable bonds is 4. The molecule has 0 unspecified atom stereocenters. The average molecular weight is 489 g/mol. The first-order valence-corrected chi connectivity index (χ1v) is 12.5. The first kappa shape index (κ1) is 22.9. The van der Waals surface area contributed by atoms with Crippen LogP contribution in [-0.4, -0.2) is 40.2 Å². The molecule has 2 aliphatic carbocycles. The second-order valence-corrected chi connectivity index (χ2v) is 10.4. The van der Waals surface area contributed by atoms with E-state index in [1.807, 2.05) is 19.1 Å². The summed E-state index contributed by atoms with van der Waals surface area (Å²) in [6.07, 6.45) is 2.72. The lowest BCUT2D eigenvalue weighted by atomic mass is 9.52. The molecule has 0 spiro atoms. The summed E-state index contributed by atoms with van der Waals surface area (Å²) in [6.45, 7) is 3.63. The predicted octanol–water partition coefficient (Wildman–Crippen LogP) is 3.02. The van der Waals surface area contributed by atoms with Crippen LogP contribution in [0, 0.1) is 29.1 Å². The van der Waals surface area contributed by atoms with Crippen molar-refractivity contribution in [3.8, 4) is 0 Å². The van der Waals surface area contributed by atoms with Gasteiger partial charge in [0, 0.05) is 6.54 Å². The number of aliphatic hydroxyl groups excluding tert-OH is 1. The molecule has 3 heterocycles. The van der Waals surface area contributed by atoms with Crippen LogP contribution < -0.4 is 4.90 Å². The predicted molar refractivity (Wildman–Crippen MR) is 128 cm³/mol. The average Bonchev–Trinajstić information content (AvgIpc) is 3.51. The van der Waals surface area contributed by atoms with Crippen LogP contribution in [-0.2, 0) is 25.8 Å². The van der Waals surface area contributed by atoms with E-state index in [4.69, 9.17) is 4.42 Å². The Kier molecular flexibility index (Phi) is 5.09. The van der Waals surface area contributed by atoms with Crippen molar-refractivity contribution in [3.63, 3.8) is 0 Å². The Hall–Kier alpha value is -3.52. The van der Waals surface area contributed by atoms with Crippen LogP contribution in [0.2, 0.25) is 0 Å². The molecule has 2 saturated heterocycles. The molecule has 0 radical (unpaired) electrons. The van der Waals surface area contributed by atoms with Gasteiger partial charge >= 0.3 is 0 Å². The Morgan fingerprint density at radius 2 is 1.75 bits per heavy atom. The lowest BCUT2D eigenvalue weighted by Crippen LogP contribution is -2.48. The van der Waals surface area contributed by atoms with Gasteiger partial charge in [-0.1, -0.05) is 29.8 Å². The van der Waals surface area contributed by atoms with Gasteiger partial charge in [0.15, 0.2) is 0 Å². The summed E-state index contributed by atoms with van der Waals surface area (Å²) in [5, 5.41) is 9.64. The van der Waals surface area contributed by atoms with Gasteiger partial charge in [-0.05, 0) is 56.9 Å². The number of likely N-dealkylation sites (tertiary alicyclic amines) is 1. The van der Waals surface area contributed by atoms with Gasteiger partial charge in [-0.15, -0.1) is 0 Å². The first-order valence-electron chi connectivity index (χ1n) is 12.5. The van der Waals surface area contributed by atoms with Gasteiger partial charge < -0.3 is 9.52 Å². The molecule has 6 atom stereocenters. The number of carbonyl (C=O) groups excluding carboxylic acids is 4. The number of nitrogens with zero attached hydrogens (tertiary/aromatic N) is 2. The molecule has 2 aromatic rings. The zero-order chi connectivity index (χ0) is 25.4. The number of allylic oxidation sites excluding steroid dienone is 2. The summed E-state index contributed by atoms with van der Waals surface area (Å²) in [5.74, 6) is -2.73. The van der Waals surface area contributed by atoms with E-state index in [0.717, 1.165) is 5.57 Å². The molecule has 186 valence electrons. The molecular weight excluding hydrogens is 460 g/mol. The number of benzene rings is 1. The van der Waals surface area contributed by atoms with Crippen molar-refractivity contribution in [2.75, 3.05) is 11.4 Å². The molecule has 8 heteroatoms. The van der Waals surface area contributed by atoms with Crippen molar-refractivity contribution in [3.05, 3.63) is 65.6 Å². The summed E-state index contributed by atoms with van der Waals surface area (Å²) in [4.78, 5) is 57.0. The van der Waals surface area contributed by atoms with Gasteiger partial charge in [-0.2, -0.15) is 0 Å². The maximum Gasteiger partial charge on any atom is 0.241 e. The Labute approximate surface area is 208 Å². The van der Waals surface area contributed by atoms with Gasteiger partial charge in [0.2, 0.25) is 23.6 Å². The fourth-order valence-corrected chi connectivity index (χ4v) is 7.15. The summed E-state index contributed by atoms with van der Waals surface area (Å²) in [6, 6.07) is 12.3. The summed E-state index contributed by atoms with van der Waals surface area (Å²) in [5.41, 5.74) is 0.253. The Morgan fingerprint density at radius 1 is 1.00 bits per heavy atom. The van der Waals surface area contributed by atoms with Crippen molar-refractivity contribution in [2.45, 2.75) is 39.2 Å². The highest BCUT2D eigenvalue weighted by Crippen LogP contribution is 2.63. The highest BCUT2D eigenvalue weighted by Gasteiger charge is 2.68. The van der Waals surface area contributed by atoms with E-state index in [-0.39, 0.29) is 36.2 Å². The number of carbonyl (C=O) groups is 4. The standard InChI is InChI=1S/C28H28N2O6/c1-3-29-24(32)18-11-10-17-19(22(18)26(29)34)13-20-25(33)30(15-7-5-4-6-8-15)27(35)28(20,2)23(17)21-12-9-16(14-31)36-21/h4-10,12,18-20,22-23,31H,3,11,13-14H2,1-2H3/t18-,19+,20-,22-,23+,28+/m0/s1. The Bertz CT molecular complexity index is 1310. The first-order chi connectivity index (χ1) is 17.3. The zero-order valence-electron chi connectivity index (χ0n) is 20.2. The van der Waals surface area contributed by atoms with Gasteiger partial charge in [-0.25, -0.2) is 4.90 Å². The minimum Gasteiger partial charge on any atom is -0.463 e. The van der Waals surface area contributed by atoms with E-state index < -0.39 is 29.1 Å². The third-order valence-corrected chi connectivity index (χ3v) is 8.82. The minimum absolute atomic E-state index is 0.159. The number of para-hydroxylation sites is 1. The third kappa shape index (κ3) is 2.85. The fraction of sp³-hybridized carbons (Fsp3) is 0.429. The second-order valence-electron chi connectivity index (χ2n) is 10.4. The molecule has 1 aromatic carbocycles. The van der Waals surface area contributed by atoms with E-state index in [1.165, 1.54) is 9.80 Å². The van der Waals surface area contributed by atoms with Crippen molar-refractivity contribution in [1.29, 1.82) is 0 Å². The van der Waals surface area contributed by atoms with Gasteiger partial charge in [-0.3, -0.25) is 24.1 Å². The van der Waals surface area contributed by atoms with Crippen molar-refractivity contribution in [2.24, 2.45) is 29.1 Å². The lowest BCUT2D eigenvalue weighted by molar-refractivity contribution is -0.140. The molecule has 0 bridgehead atoms. The number of hydrogen-bond acceptors (Lipinski definition) is 6. The number of aliphatic hydroxyl groups is 1. The van der Waals surface area contributed by atoms with Crippen molar-refractivity contribution >= 4 is 29.3 Å². The number of furan rings is 1. The maximum atomic E-state index is 14.1. The maximum absolute atomic E-state index is 14.1. The third-order valence-electron chi connectivity index (χ3n) is 8.82. The van der Waals surface area contributed by atoms with E-state index in [1.54, 1.807) is 43.3 Å². The summed E-state index contributed by atoms with van der Waals surface area (Å²) < 4.78 is 5.99. The SMILES string of the molecule is CCN1C(=O)[C@H]2[C@H](CC=C3[C@H]2C[C@H]2C(=O)N(c4ccccc4)C(=O)[C@@]2(C)[C@H]3c2ccc(CO)o2)C1=O. The van der Waals surface area contributed by atoms with Crippen molar-refractivity contribution < 1.29 is 28.7 Å². The van der Waals surface area contributed by atoms with E-state index in [9.17, 15) is 24.3 Å². The van der Waals surface area contributed by atoms with E-state index in [0.29, 0.717) is 36.6 Å². The highest BCUT2D eigenvalue weighted by molar-refractivity contribution is 6.24. The molecule has 8 nitrogen and oxygen atoms in total. The van der Waals surface area contributed by atoms with Crippen molar-refractivity contribution in [1.82, 2.24) is 4.90 Å². The smallest absolute Gasteiger partial charge is 0.241 e. The van der Waals surface area contributed by atoms with Gasteiger partial charge in [0.05, 0.1) is 34.8 Å². The van der Waals surface area contributed by atoms with E-state index >= 15 is 0 Å². The number of hydrogen-bond donors (Lipinski definition) is 1. The molecular formula is C28H28N2O6. The van der Waals surface area contributed by atoms with E-state index in [2.05, 4.69) is 0 Å². The molecule has 3 fully saturated rings. The largest absolute Gasteiger partial charge is 0.463 e.